The van der Waals surface area contributed by atoms with Crippen LogP contribution in [0.4, 0.5) is 0 Å². The standard InChI is InChI=1S/C35H72N4O3.C18H36O2/c1-6-8-10-12-14-19-23-30-41-34(40)25-20-16-15-18-22-27-38(26-21-17-13-11-9-7-2)28-24-29-39(37)31-33(36)32-42-35(3,4)5;1-3-5-7-9-11-13-15-18(20-17-19)16-14-12-10-8-6-4-2/h31H,6-30,32,36-37H2,1-5H3;17-18H,3-16H2,1-2H3/b33-31-;. The van der Waals surface area contributed by atoms with Crippen molar-refractivity contribution in [3.8, 4) is 0 Å². The summed E-state index contributed by atoms with van der Waals surface area (Å²) in [5.41, 5.74) is 6.52. The summed E-state index contributed by atoms with van der Waals surface area (Å²) in [5, 5.41) is 1.70. The maximum absolute atomic E-state index is 12.0. The highest BCUT2D eigenvalue weighted by Gasteiger charge is 2.12. The van der Waals surface area contributed by atoms with Crippen molar-refractivity contribution in [2.45, 2.75) is 278 Å². The number of rotatable bonds is 46. The molecule has 0 radical (unpaired) electrons. The summed E-state index contributed by atoms with van der Waals surface area (Å²) in [6.45, 7) is 20.8. The zero-order valence-electron chi connectivity index (χ0n) is 42.6. The smallest absolute Gasteiger partial charge is 0.305 e. The first-order valence-electron chi connectivity index (χ1n) is 26.6. The van der Waals surface area contributed by atoms with Crippen LogP contribution in [0, 0.1) is 0 Å². The number of hydrogen-bond donors (Lipinski definition) is 2. The lowest BCUT2D eigenvalue weighted by molar-refractivity contribution is -0.144. The van der Waals surface area contributed by atoms with Gasteiger partial charge in [-0.25, -0.2) is 5.84 Å². The summed E-state index contributed by atoms with van der Waals surface area (Å²) < 4.78 is 16.4. The lowest BCUT2D eigenvalue weighted by Gasteiger charge is -2.24. The van der Waals surface area contributed by atoms with Gasteiger partial charge in [-0.1, -0.05) is 182 Å². The van der Waals surface area contributed by atoms with Gasteiger partial charge in [-0.15, -0.1) is 0 Å². The highest BCUT2D eigenvalue weighted by molar-refractivity contribution is 5.69. The first kappa shape index (κ1) is 62.2. The van der Waals surface area contributed by atoms with E-state index in [9.17, 15) is 9.59 Å². The van der Waals surface area contributed by atoms with Crippen LogP contribution >= 0.6 is 0 Å². The summed E-state index contributed by atoms with van der Waals surface area (Å²) in [6.07, 6.45) is 43.7. The van der Waals surface area contributed by atoms with Crippen LogP contribution in [0.1, 0.15) is 267 Å². The number of hydrazine groups is 1. The third kappa shape index (κ3) is 50.8. The van der Waals surface area contributed by atoms with Crippen LogP contribution < -0.4 is 11.6 Å². The van der Waals surface area contributed by atoms with Crippen molar-refractivity contribution in [1.29, 1.82) is 0 Å². The molecule has 0 aliphatic carbocycles. The molecule has 0 spiro atoms. The number of unbranched alkanes of at least 4 members (excludes halogenated alkanes) is 25. The van der Waals surface area contributed by atoms with Crippen molar-refractivity contribution in [1.82, 2.24) is 9.91 Å². The third-order valence-corrected chi connectivity index (χ3v) is 11.6. The van der Waals surface area contributed by atoms with E-state index in [1.807, 2.05) is 20.8 Å². The molecule has 0 saturated heterocycles. The monoisotopic (exact) mass is 881 g/mol. The first-order chi connectivity index (χ1) is 30.0. The van der Waals surface area contributed by atoms with Crippen LogP contribution in [-0.2, 0) is 23.8 Å². The van der Waals surface area contributed by atoms with Crippen molar-refractivity contribution in [2.24, 2.45) is 11.6 Å². The summed E-state index contributed by atoms with van der Waals surface area (Å²) in [5.74, 6) is 6.17. The summed E-state index contributed by atoms with van der Waals surface area (Å²) >= 11 is 0. The second-order valence-electron chi connectivity index (χ2n) is 19.1. The lowest BCUT2D eigenvalue weighted by atomic mass is 10.0. The Kier molecular flexibility index (Phi) is 48.8. The molecule has 0 aromatic rings. The minimum Gasteiger partial charge on any atom is -0.466 e. The highest BCUT2D eigenvalue weighted by atomic mass is 16.5. The van der Waals surface area contributed by atoms with Crippen LogP contribution in [0.2, 0.25) is 0 Å². The van der Waals surface area contributed by atoms with Crippen LogP contribution in [-0.4, -0.2) is 73.4 Å². The van der Waals surface area contributed by atoms with Gasteiger partial charge in [0.15, 0.2) is 0 Å². The molecule has 0 bridgehead atoms. The van der Waals surface area contributed by atoms with Gasteiger partial charge in [0.2, 0.25) is 0 Å². The minimum atomic E-state index is -0.215. The molecule has 0 amide bonds. The van der Waals surface area contributed by atoms with Gasteiger partial charge in [0.25, 0.3) is 6.47 Å². The summed E-state index contributed by atoms with van der Waals surface area (Å²) in [6, 6.07) is 0. The molecule has 9 nitrogen and oxygen atoms in total. The average molecular weight is 881 g/mol. The quantitative estimate of drug-likeness (QED) is 0.0202. The van der Waals surface area contributed by atoms with E-state index in [1.54, 1.807) is 11.2 Å². The number of hydrogen-bond acceptors (Lipinski definition) is 9. The van der Waals surface area contributed by atoms with Gasteiger partial charge in [0.1, 0.15) is 6.10 Å². The molecule has 0 rings (SSSR count). The van der Waals surface area contributed by atoms with E-state index in [0.29, 0.717) is 31.8 Å². The Bertz CT molecular complexity index is 943. The van der Waals surface area contributed by atoms with Crippen LogP contribution in [0.3, 0.4) is 0 Å². The second-order valence-corrected chi connectivity index (χ2v) is 19.1. The number of carbonyl (C=O) groups is 2. The number of nitrogens with zero attached hydrogens (tertiary/aromatic N) is 2. The Morgan fingerprint density at radius 3 is 1.40 bits per heavy atom. The molecule has 62 heavy (non-hydrogen) atoms. The minimum absolute atomic E-state index is 0.0154. The molecule has 0 aromatic heterocycles. The SMILES string of the molecule is CCCCCCCCC(CCCCCCCC)OC=O.CCCCCCCCCOC(=O)CCCCCCCN(CCCCCCCC)CCCN(N)/C=C(\N)COC(C)(C)C. The van der Waals surface area contributed by atoms with Crippen molar-refractivity contribution in [3.05, 3.63) is 11.9 Å². The maximum Gasteiger partial charge on any atom is 0.305 e. The van der Waals surface area contributed by atoms with Gasteiger partial charge in [0, 0.05) is 19.2 Å². The largest absolute Gasteiger partial charge is 0.466 e. The maximum atomic E-state index is 12.0. The molecular formula is C53H108N4O5. The van der Waals surface area contributed by atoms with Crippen LogP contribution in [0.5, 0.6) is 0 Å². The fourth-order valence-corrected chi connectivity index (χ4v) is 7.66. The third-order valence-electron chi connectivity index (χ3n) is 11.6. The second kappa shape index (κ2) is 48.6. The van der Waals surface area contributed by atoms with E-state index in [2.05, 4.69) is 32.6 Å². The zero-order valence-corrected chi connectivity index (χ0v) is 42.6. The highest BCUT2D eigenvalue weighted by Crippen LogP contribution is 2.17. The average Bonchev–Trinajstić information content (AvgIpc) is 3.24. The molecule has 9 heteroatoms. The number of nitrogens with two attached hydrogens (primary N) is 2. The Labute approximate surface area is 386 Å². The van der Waals surface area contributed by atoms with Gasteiger partial charge >= 0.3 is 5.97 Å². The van der Waals surface area contributed by atoms with Crippen molar-refractivity contribution in [2.75, 3.05) is 39.4 Å². The molecule has 0 aliphatic heterocycles. The topological polar surface area (TPSA) is 120 Å². The van der Waals surface area contributed by atoms with Crippen molar-refractivity contribution in [3.63, 3.8) is 0 Å². The molecule has 0 heterocycles. The molecular weight excluding hydrogens is 773 g/mol. The fourth-order valence-electron chi connectivity index (χ4n) is 7.66. The van der Waals surface area contributed by atoms with E-state index in [4.69, 9.17) is 25.8 Å². The predicted octanol–water partition coefficient (Wildman–Crippen LogP) is 14.5. The van der Waals surface area contributed by atoms with E-state index in [-0.39, 0.29) is 17.7 Å². The van der Waals surface area contributed by atoms with Gasteiger partial charge in [-0.3, -0.25) is 9.59 Å². The lowest BCUT2D eigenvalue weighted by Crippen LogP contribution is -2.33. The predicted molar refractivity (Wildman–Crippen MR) is 267 cm³/mol. The van der Waals surface area contributed by atoms with Gasteiger partial charge in [-0.05, 0) is 98.2 Å². The Hall–Kier alpha value is -1.84. The molecule has 0 fully saturated rings. The Morgan fingerprint density at radius 2 is 0.952 bits per heavy atom. The summed E-state index contributed by atoms with van der Waals surface area (Å²) in [4.78, 5) is 25.2. The fraction of sp³-hybridized carbons (Fsp3) is 0.925. The van der Waals surface area contributed by atoms with Gasteiger partial charge in [0.05, 0.1) is 24.5 Å². The van der Waals surface area contributed by atoms with Crippen LogP contribution in [0.25, 0.3) is 0 Å². The number of ether oxygens (including phenoxy) is 3. The van der Waals surface area contributed by atoms with Crippen molar-refractivity contribution < 1.29 is 23.8 Å². The molecule has 4 N–H and O–H groups in total. The molecule has 0 aliphatic rings. The normalized spacial score (nSPS) is 11.9. The van der Waals surface area contributed by atoms with E-state index in [1.165, 1.54) is 180 Å². The molecule has 0 saturated carbocycles. The summed E-state index contributed by atoms with van der Waals surface area (Å²) in [7, 11) is 0. The molecule has 0 unspecified atom stereocenters. The Balaban J connectivity index is 0. The van der Waals surface area contributed by atoms with E-state index in [0.717, 1.165) is 58.2 Å². The van der Waals surface area contributed by atoms with E-state index >= 15 is 0 Å². The first-order valence-corrected chi connectivity index (χ1v) is 26.6. The molecule has 370 valence electrons. The van der Waals surface area contributed by atoms with Gasteiger partial charge < -0.3 is 29.9 Å². The molecule has 0 aromatic carbocycles. The number of carbonyl (C=O) groups excluding carboxylic acids is 2. The van der Waals surface area contributed by atoms with E-state index < -0.39 is 0 Å². The van der Waals surface area contributed by atoms with Crippen LogP contribution in [0.15, 0.2) is 11.9 Å². The number of esters is 1. The zero-order chi connectivity index (χ0) is 46.2. The van der Waals surface area contributed by atoms with Gasteiger partial charge in [-0.2, -0.15) is 0 Å². The molecule has 0 atom stereocenters. The Morgan fingerprint density at radius 1 is 0.548 bits per heavy atom. The van der Waals surface area contributed by atoms with Crippen molar-refractivity contribution >= 4 is 12.4 Å².